The summed E-state index contributed by atoms with van der Waals surface area (Å²) < 4.78 is 4.93. The van der Waals surface area contributed by atoms with Crippen LogP contribution in [-0.4, -0.2) is 16.2 Å². The summed E-state index contributed by atoms with van der Waals surface area (Å²) in [5.74, 6) is -0.396. The molecule has 0 bridgehead atoms. The SMILES string of the molecule is O=C(O)Cc1nocc1C1CCCCCC1. The van der Waals surface area contributed by atoms with Crippen LogP contribution in [0.4, 0.5) is 0 Å². The summed E-state index contributed by atoms with van der Waals surface area (Å²) in [4.78, 5) is 10.7. The van der Waals surface area contributed by atoms with Gasteiger partial charge in [-0.25, -0.2) is 0 Å². The molecule has 2 rings (SSSR count). The first-order chi connectivity index (χ1) is 7.77. The molecule has 1 N–H and O–H groups in total. The van der Waals surface area contributed by atoms with Crippen molar-refractivity contribution in [2.24, 2.45) is 0 Å². The molecule has 1 aromatic heterocycles. The highest BCUT2D eigenvalue weighted by molar-refractivity contribution is 5.70. The fourth-order valence-corrected chi connectivity index (χ4v) is 2.47. The maximum atomic E-state index is 10.7. The number of carboxylic acids is 1. The second kappa shape index (κ2) is 5.14. The normalized spacial score (nSPS) is 18.2. The van der Waals surface area contributed by atoms with Gasteiger partial charge in [0.2, 0.25) is 0 Å². The molecule has 0 unspecified atom stereocenters. The summed E-state index contributed by atoms with van der Waals surface area (Å²) in [6.45, 7) is 0. The van der Waals surface area contributed by atoms with E-state index in [0.717, 1.165) is 18.4 Å². The Hall–Kier alpha value is -1.32. The lowest BCUT2D eigenvalue weighted by molar-refractivity contribution is -0.136. The Morgan fingerprint density at radius 1 is 1.38 bits per heavy atom. The lowest BCUT2D eigenvalue weighted by atomic mass is 9.91. The maximum absolute atomic E-state index is 10.7. The molecule has 0 saturated heterocycles. The minimum atomic E-state index is -0.844. The van der Waals surface area contributed by atoms with E-state index >= 15 is 0 Å². The van der Waals surface area contributed by atoms with Crippen molar-refractivity contribution < 1.29 is 14.4 Å². The predicted molar refractivity (Wildman–Crippen MR) is 58.3 cm³/mol. The van der Waals surface area contributed by atoms with Gasteiger partial charge in [-0.15, -0.1) is 0 Å². The van der Waals surface area contributed by atoms with E-state index in [9.17, 15) is 4.79 Å². The van der Waals surface area contributed by atoms with Gasteiger partial charge in [0, 0.05) is 5.56 Å². The van der Waals surface area contributed by atoms with Crippen LogP contribution in [0.1, 0.15) is 55.7 Å². The van der Waals surface area contributed by atoms with Crippen LogP contribution >= 0.6 is 0 Å². The maximum Gasteiger partial charge on any atom is 0.309 e. The zero-order chi connectivity index (χ0) is 11.4. The van der Waals surface area contributed by atoms with Crippen LogP contribution in [0.5, 0.6) is 0 Å². The Morgan fingerprint density at radius 2 is 2.06 bits per heavy atom. The standard InChI is InChI=1S/C12H17NO3/c14-12(15)7-11-10(8-16-13-11)9-5-3-1-2-4-6-9/h8-9H,1-7H2,(H,14,15). The number of hydrogen-bond donors (Lipinski definition) is 1. The molecule has 1 aliphatic carbocycles. The van der Waals surface area contributed by atoms with Gasteiger partial charge in [0.05, 0.1) is 12.1 Å². The summed E-state index contributed by atoms with van der Waals surface area (Å²) in [6.07, 6.45) is 8.90. The monoisotopic (exact) mass is 223 g/mol. The third-order valence-electron chi connectivity index (χ3n) is 3.29. The van der Waals surface area contributed by atoms with Crippen LogP contribution in [0.2, 0.25) is 0 Å². The lowest BCUT2D eigenvalue weighted by Crippen LogP contribution is -2.06. The van der Waals surface area contributed by atoms with Crippen LogP contribution in [0.3, 0.4) is 0 Å². The number of carbonyl (C=O) groups is 1. The van der Waals surface area contributed by atoms with Gasteiger partial charge in [-0.2, -0.15) is 0 Å². The first-order valence-corrected chi connectivity index (χ1v) is 5.92. The molecule has 1 heterocycles. The molecule has 1 aliphatic rings. The van der Waals surface area contributed by atoms with Gasteiger partial charge in [0.15, 0.2) is 0 Å². The van der Waals surface area contributed by atoms with Crippen molar-refractivity contribution in [2.45, 2.75) is 50.9 Å². The van der Waals surface area contributed by atoms with E-state index in [1.165, 1.54) is 25.7 Å². The number of rotatable bonds is 3. The van der Waals surface area contributed by atoms with Gasteiger partial charge in [0.25, 0.3) is 0 Å². The molecule has 0 radical (unpaired) electrons. The van der Waals surface area contributed by atoms with Crippen molar-refractivity contribution >= 4 is 5.97 Å². The number of aliphatic carboxylic acids is 1. The number of carboxylic acid groups (broad SMARTS) is 1. The van der Waals surface area contributed by atoms with Crippen molar-refractivity contribution in [3.8, 4) is 0 Å². The van der Waals surface area contributed by atoms with E-state index in [-0.39, 0.29) is 6.42 Å². The molecule has 4 nitrogen and oxygen atoms in total. The van der Waals surface area contributed by atoms with Crippen molar-refractivity contribution in [1.29, 1.82) is 0 Å². The largest absolute Gasteiger partial charge is 0.481 e. The number of aromatic nitrogens is 1. The highest BCUT2D eigenvalue weighted by Crippen LogP contribution is 2.33. The zero-order valence-corrected chi connectivity index (χ0v) is 9.32. The van der Waals surface area contributed by atoms with Crippen molar-refractivity contribution in [2.75, 3.05) is 0 Å². The van der Waals surface area contributed by atoms with Gasteiger partial charge in [0.1, 0.15) is 6.26 Å². The van der Waals surface area contributed by atoms with Crippen molar-refractivity contribution in [3.63, 3.8) is 0 Å². The third kappa shape index (κ3) is 2.62. The highest BCUT2D eigenvalue weighted by Gasteiger charge is 2.21. The Bertz CT molecular complexity index is 351. The van der Waals surface area contributed by atoms with E-state index in [1.54, 1.807) is 6.26 Å². The minimum Gasteiger partial charge on any atom is -0.481 e. The van der Waals surface area contributed by atoms with Crippen molar-refractivity contribution in [3.05, 3.63) is 17.5 Å². The Balaban J connectivity index is 2.11. The second-order valence-corrected chi connectivity index (χ2v) is 4.48. The third-order valence-corrected chi connectivity index (χ3v) is 3.29. The summed E-state index contributed by atoms with van der Waals surface area (Å²) in [5, 5.41) is 12.6. The molecule has 0 spiro atoms. The zero-order valence-electron chi connectivity index (χ0n) is 9.32. The van der Waals surface area contributed by atoms with E-state index in [0.29, 0.717) is 11.6 Å². The number of hydrogen-bond acceptors (Lipinski definition) is 3. The van der Waals surface area contributed by atoms with Crippen LogP contribution in [0.15, 0.2) is 10.8 Å². The van der Waals surface area contributed by atoms with Gasteiger partial charge >= 0.3 is 5.97 Å². The molecule has 0 aromatic carbocycles. The molecule has 0 amide bonds. The van der Waals surface area contributed by atoms with Gasteiger partial charge < -0.3 is 9.63 Å². The molecule has 0 aliphatic heterocycles. The van der Waals surface area contributed by atoms with Crippen molar-refractivity contribution in [1.82, 2.24) is 5.16 Å². The Kier molecular flexibility index (Phi) is 3.59. The molecular formula is C12H17NO3. The van der Waals surface area contributed by atoms with Gasteiger partial charge in [-0.1, -0.05) is 30.8 Å². The molecule has 1 saturated carbocycles. The average molecular weight is 223 g/mol. The number of nitrogens with zero attached hydrogens (tertiary/aromatic N) is 1. The van der Waals surface area contributed by atoms with Crippen LogP contribution in [0.25, 0.3) is 0 Å². The van der Waals surface area contributed by atoms with Crippen LogP contribution in [0, 0.1) is 0 Å². The molecule has 4 heteroatoms. The van der Waals surface area contributed by atoms with Gasteiger partial charge in [-0.05, 0) is 18.8 Å². The highest BCUT2D eigenvalue weighted by atomic mass is 16.5. The Morgan fingerprint density at radius 3 is 2.69 bits per heavy atom. The molecule has 0 atom stereocenters. The van der Waals surface area contributed by atoms with Gasteiger partial charge in [-0.3, -0.25) is 4.79 Å². The summed E-state index contributed by atoms with van der Waals surface area (Å²) in [7, 11) is 0. The molecule has 88 valence electrons. The summed E-state index contributed by atoms with van der Waals surface area (Å²) in [6, 6.07) is 0. The van der Waals surface area contributed by atoms with E-state index < -0.39 is 5.97 Å². The summed E-state index contributed by atoms with van der Waals surface area (Å²) >= 11 is 0. The Labute approximate surface area is 94.6 Å². The van der Waals surface area contributed by atoms with Crippen LogP contribution < -0.4 is 0 Å². The average Bonchev–Trinajstić information content (AvgIpc) is 2.53. The summed E-state index contributed by atoms with van der Waals surface area (Å²) in [5.41, 5.74) is 1.63. The van der Waals surface area contributed by atoms with E-state index in [4.69, 9.17) is 9.63 Å². The first kappa shape index (κ1) is 11.2. The smallest absolute Gasteiger partial charge is 0.309 e. The topological polar surface area (TPSA) is 63.3 Å². The lowest BCUT2D eigenvalue weighted by Gasteiger charge is -2.12. The molecule has 1 aromatic rings. The fraction of sp³-hybridized carbons (Fsp3) is 0.667. The van der Waals surface area contributed by atoms with E-state index in [1.807, 2.05) is 0 Å². The quantitative estimate of drug-likeness (QED) is 0.800. The second-order valence-electron chi connectivity index (χ2n) is 4.48. The predicted octanol–water partition coefficient (Wildman–Crippen LogP) is 2.74. The fourth-order valence-electron chi connectivity index (χ4n) is 2.47. The van der Waals surface area contributed by atoms with E-state index in [2.05, 4.69) is 5.16 Å². The first-order valence-electron chi connectivity index (χ1n) is 5.92. The molecule has 1 fully saturated rings. The van der Waals surface area contributed by atoms with Crippen LogP contribution in [-0.2, 0) is 11.2 Å². The minimum absolute atomic E-state index is 0.0255. The molecular weight excluding hydrogens is 206 g/mol. The molecule has 16 heavy (non-hydrogen) atoms.